The zero-order valence-electron chi connectivity index (χ0n) is 17.7. The normalized spacial score (nSPS) is 11.2. The summed E-state index contributed by atoms with van der Waals surface area (Å²) in [5, 5.41) is 3.08. The van der Waals surface area contributed by atoms with E-state index in [0.29, 0.717) is 6.54 Å². The Morgan fingerprint density at radius 1 is 0.969 bits per heavy atom. The number of aryl methyl sites for hydroxylation is 1. The maximum atomic E-state index is 13.3. The number of carbonyl (C=O) groups is 1. The molecule has 0 fully saturated rings. The lowest BCUT2D eigenvalue weighted by Crippen LogP contribution is -2.41. The van der Waals surface area contributed by atoms with Crippen molar-refractivity contribution < 1.29 is 13.2 Å². The molecular weight excluding hydrogens is 464 g/mol. The van der Waals surface area contributed by atoms with Crippen LogP contribution in [0.15, 0.2) is 88.7 Å². The van der Waals surface area contributed by atoms with Gasteiger partial charge in [0.15, 0.2) is 0 Å². The average molecular weight is 489 g/mol. The molecule has 3 aromatic carbocycles. The van der Waals surface area contributed by atoms with Crippen LogP contribution in [-0.4, -0.2) is 33.2 Å². The molecule has 0 aliphatic carbocycles. The minimum Gasteiger partial charge on any atom is -0.354 e. The van der Waals surface area contributed by atoms with E-state index >= 15 is 0 Å². The topological polar surface area (TPSA) is 66.5 Å². The van der Waals surface area contributed by atoms with Gasteiger partial charge in [0, 0.05) is 11.4 Å². The maximum Gasteiger partial charge on any atom is 0.264 e. The summed E-state index contributed by atoms with van der Waals surface area (Å²) in [5.74, 6) is 0.463. The van der Waals surface area contributed by atoms with E-state index < -0.39 is 10.0 Å². The van der Waals surface area contributed by atoms with Crippen molar-refractivity contribution in [2.45, 2.75) is 23.1 Å². The van der Waals surface area contributed by atoms with E-state index in [0.717, 1.165) is 22.0 Å². The molecule has 0 atom stereocenters. The van der Waals surface area contributed by atoms with Crippen LogP contribution in [0.5, 0.6) is 0 Å². The molecule has 0 radical (unpaired) electrons. The summed E-state index contributed by atoms with van der Waals surface area (Å²) in [6.07, 6.45) is 0.766. The van der Waals surface area contributed by atoms with Gasteiger partial charge in [0.05, 0.1) is 15.6 Å². The molecule has 5 nitrogen and oxygen atoms in total. The molecule has 0 aliphatic rings. The number of carbonyl (C=O) groups excluding carboxylic acids is 1. The first kappa shape index (κ1) is 24.2. The van der Waals surface area contributed by atoms with Crippen LogP contribution in [0.4, 0.5) is 5.69 Å². The number of para-hydroxylation sites is 1. The highest BCUT2D eigenvalue weighted by atomic mass is 35.5. The Bertz CT molecular complexity index is 1140. The third-order valence-electron chi connectivity index (χ3n) is 4.67. The third kappa shape index (κ3) is 6.51. The highest BCUT2D eigenvalue weighted by molar-refractivity contribution is 7.99. The second-order valence-electron chi connectivity index (χ2n) is 7.14. The van der Waals surface area contributed by atoms with Gasteiger partial charge in [0.25, 0.3) is 10.0 Å². The third-order valence-corrected chi connectivity index (χ3v) is 7.86. The van der Waals surface area contributed by atoms with E-state index in [2.05, 4.69) is 5.32 Å². The maximum absolute atomic E-state index is 13.3. The molecule has 0 spiro atoms. The Balaban J connectivity index is 1.67. The summed E-state index contributed by atoms with van der Waals surface area (Å²) in [4.78, 5) is 13.9. The quantitative estimate of drug-likeness (QED) is 0.317. The monoisotopic (exact) mass is 488 g/mol. The fourth-order valence-corrected chi connectivity index (χ4v) is 5.59. The minimum atomic E-state index is -3.98. The zero-order chi connectivity index (χ0) is 23.0. The van der Waals surface area contributed by atoms with Gasteiger partial charge in [-0.25, -0.2) is 8.42 Å². The predicted molar refractivity (Wildman–Crippen MR) is 132 cm³/mol. The van der Waals surface area contributed by atoms with Crippen molar-refractivity contribution >= 4 is 45.0 Å². The Kier molecular flexibility index (Phi) is 8.61. The largest absolute Gasteiger partial charge is 0.354 e. The smallest absolute Gasteiger partial charge is 0.264 e. The molecule has 3 rings (SSSR count). The number of sulfonamides is 1. The van der Waals surface area contributed by atoms with Crippen molar-refractivity contribution in [3.63, 3.8) is 0 Å². The fourth-order valence-electron chi connectivity index (χ4n) is 2.98. The Morgan fingerprint density at radius 3 is 2.31 bits per heavy atom. The van der Waals surface area contributed by atoms with E-state index in [-0.39, 0.29) is 28.1 Å². The van der Waals surface area contributed by atoms with Crippen LogP contribution in [0.3, 0.4) is 0 Å². The summed E-state index contributed by atoms with van der Waals surface area (Å²) < 4.78 is 27.8. The molecule has 0 heterocycles. The molecule has 0 unspecified atom stereocenters. The van der Waals surface area contributed by atoms with Gasteiger partial charge in [0.1, 0.15) is 6.54 Å². The van der Waals surface area contributed by atoms with Crippen molar-refractivity contribution in [3.05, 3.63) is 89.4 Å². The van der Waals surface area contributed by atoms with Crippen molar-refractivity contribution in [1.29, 1.82) is 0 Å². The first-order valence-corrected chi connectivity index (χ1v) is 13.0. The zero-order valence-corrected chi connectivity index (χ0v) is 20.1. The predicted octanol–water partition coefficient (Wildman–Crippen LogP) is 5.14. The number of nitrogens with zero attached hydrogens (tertiary/aromatic N) is 1. The standard InChI is InChI=1S/C24H25ClN2O3S2/c1-19-12-14-21(15-13-19)32(29,30)27(23-11-6-5-10-22(23)25)18-24(28)26-16-7-17-31-20-8-3-2-4-9-20/h2-6,8-15H,7,16-18H2,1H3,(H,26,28). The molecule has 3 aromatic rings. The summed E-state index contributed by atoms with van der Waals surface area (Å²) in [6, 6.07) is 23.2. The molecule has 1 N–H and O–H groups in total. The Morgan fingerprint density at radius 2 is 1.62 bits per heavy atom. The highest BCUT2D eigenvalue weighted by Gasteiger charge is 2.28. The van der Waals surface area contributed by atoms with Crippen molar-refractivity contribution in [3.8, 4) is 0 Å². The number of rotatable bonds is 10. The van der Waals surface area contributed by atoms with Gasteiger partial charge in [-0.2, -0.15) is 0 Å². The molecular formula is C24H25ClN2O3S2. The molecule has 0 saturated heterocycles. The molecule has 0 saturated carbocycles. The van der Waals surface area contributed by atoms with Crippen LogP contribution in [0.2, 0.25) is 5.02 Å². The van der Waals surface area contributed by atoms with E-state index in [1.54, 1.807) is 48.2 Å². The summed E-state index contributed by atoms with van der Waals surface area (Å²) >= 11 is 8.00. The molecule has 168 valence electrons. The first-order chi connectivity index (χ1) is 15.4. The molecule has 8 heteroatoms. The fraction of sp³-hybridized carbons (Fsp3) is 0.208. The Labute approximate surface area is 198 Å². The molecule has 1 amide bonds. The van der Waals surface area contributed by atoms with E-state index in [9.17, 15) is 13.2 Å². The van der Waals surface area contributed by atoms with Gasteiger partial charge in [-0.3, -0.25) is 9.10 Å². The van der Waals surface area contributed by atoms with Crippen LogP contribution < -0.4 is 9.62 Å². The number of halogens is 1. The lowest BCUT2D eigenvalue weighted by Gasteiger charge is -2.25. The summed E-state index contributed by atoms with van der Waals surface area (Å²) in [5.41, 5.74) is 1.21. The number of thioether (sulfide) groups is 1. The molecule has 0 aromatic heterocycles. The van der Waals surface area contributed by atoms with Crippen LogP contribution in [0.25, 0.3) is 0 Å². The molecule has 32 heavy (non-hydrogen) atoms. The number of hydrogen-bond donors (Lipinski definition) is 1. The number of benzene rings is 3. The number of amides is 1. The lowest BCUT2D eigenvalue weighted by molar-refractivity contribution is -0.119. The summed E-state index contributed by atoms with van der Waals surface area (Å²) in [7, 11) is -3.98. The number of hydrogen-bond acceptors (Lipinski definition) is 4. The van der Waals surface area contributed by atoms with Gasteiger partial charge in [-0.1, -0.05) is 59.6 Å². The van der Waals surface area contributed by atoms with E-state index in [4.69, 9.17) is 11.6 Å². The van der Waals surface area contributed by atoms with E-state index in [1.807, 2.05) is 37.3 Å². The van der Waals surface area contributed by atoms with Gasteiger partial charge < -0.3 is 5.32 Å². The van der Waals surface area contributed by atoms with Crippen molar-refractivity contribution in [2.75, 3.05) is 23.1 Å². The van der Waals surface area contributed by atoms with E-state index in [1.165, 1.54) is 17.0 Å². The number of anilines is 1. The van der Waals surface area contributed by atoms with Crippen LogP contribution in [0.1, 0.15) is 12.0 Å². The van der Waals surface area contributed by atoms with Gasteiger partial charge in [0.2, 0.25) is 5.91 Å². The van der Waals surface area contributed by atoms with Gasteiger partial charge >= 0.3 is 0 Å². The minimum absolute atomic E-state index is 0.107. The van der Waals surface area contributed by atoms with Crippen molar-refractivity contribution in [2.24, 2.45) is 0 Å². The second kappa shape index (κ2) is 11.4. The van der Waals surface area contributed by atoms with Gasteiger partial charge in [-0.05, 0) is 55.5 Å². The second-order valence-corrected chi connectivity index (χ2v) is 10.6. The SMILES string of the molecule is Cc1ccc(S(=O)(=O)N(CC(=O)NCCCSc2ccccc2)c2ccccc2Cl)cc1. The average Bonchev–Trinajstić information content (AvgIpc) is 2.79. The molecule has 0 bridgehead atoms. The van der Waals surface area contributed by atoms with Crippen molar-refractivity contribution in [1.82, 2.24) is 5.32 Å². The Hall–Kier alpha value is -2.48. The lowest BCUT2D eigenvalue weighted by atomic mass is 10.2. The van der Waals surface area contributed by atoms with Crippen LogP contribution in [0, 0.1) is 6.92 Å². The summed E-state index contributed by atoms with van der Waals surface area (Å²) in [6.45, 7) is 1.98. The van der Waals surface area contributed by atoms with Crippen LogP contribution in [-0.2, 0) is 14.8 Å². The van der Waals surface area contributed by atoms with Gasteiger partial charge in [-0.15, -0.1) is 11.8 Å². The van der Waals surface area contributed by atoms with Crippen LogP contribution >= 0.6 is 23.4 Å². The highest BCUT2D eigenvalue weighted by Crippen LogP contribution is 2.30. The molecule has 0 aliphatic heterocycles. The first-order valence-electron chi connectivity index (χ1n) is 10.2. The number of nitrogens with one attached hydrogen (secondary N) is 1.